The zero-order valence-electron chi connectivity index (χ0n) is 22.1. The molecule has 0 aliphatic heterocycles. The fraction of sp³-hybridized carbons (Fsp3) is 0.826. The van der Waals surface area contributed by atoms with E-state index < -0.39 is 46.9 Å². The number of carboxylic acid groups (broad SMARTS) is 2. The summed E-state index contributed by atoms with van der Waals surface area (Å²) in [6.07, 6.45) is 0.780. The van der Waals surface area contributed by atoms with Crippen LogP contribution in [0.2, 0.25) is 0 Å². The molecule has 1 unspecified atom stereocenters. The number of nitrogens with two attached hydrogens (primary N) is 1. The molecular formula is C23H45N3O8. The quantitative estimate of drug-likeness (QED) is 0.286. The summed E-state index contributed by atoms with van der Waals surface area (Å²) in [4.78, 5) is 45.0. The first-order chi connectivity index (χ1) is 15.2. The van der Waals surface area contributed by atoms with E-state index in [0.29, 0.717) is 19.4 Å². The molecule has 11 heteroatoms. The van der Waals surface area contributed by atoms with Gasteiger partial charge < -0.3 is 36.1 Å². The Hall–Kier alpha value is -2.56. The molecule has 0 bridgehead atoms. The number of alkyl carbamates (subject to hydrolysis) is 2. The Balaban J connectivity index is 0. The highest BCUT2D eigenvalue weighted by atomic mass is 16.6. The van der Waals surface area contributed by atoms with Gasteiger partial charge in [-0.3, -0.25) is 4.79 Å². The standard InChI is InChI=1S/C17H32N2O6.C6H13NO2/c1-15(2,3)24-13(22)18-11-9-8-10-17(7,12(20)21)19-14(23)25-16(4,5)6;1-3-4(2)5(7)6(8)9/h8-11H2,1-7H3,(H,18,22)(H,19,23)(H,20,21);4-5H,3,7H2,1-2H3,(H,8,9)/t;4-,5-/m.0/s1. The van der Waals surface area contributed by atoms with Crippen LogP contribution < -0.4 is 16.4 Å². The van der Waals surface area contributed by atoms with Crippen molar-refractivity contribution in [2.75, 3.05) is 6.54 Å². The minimum absolute atomic E-state index is 0.0718. The highest BCUT2D eigenvalue weighted by Gasteiger charge is 2.35. The molecule has 3 atom stereocenters. The molecule has 0 aliphatic carbocycles. The Kier molecular flexibility index (Phi) is 14.5. The van der Waals surface area contributed by atoms with Gasteiger partial charge in [0.25, 0.3) is 0 Å². The van der Waals surface area contributed by atoms with Crippen LogP contribution in [0.3, 0.4) is 0 Å². The molecule has 0 saturated carbocycles. The van der Waals surface area contributed by atoms with E-state index in [-0.39, 0.29) is 12.3 Å². The minimum Gasteiger partial charge on any atom is -0.480 e. The normalized spacial score (nSPS) is 14.9. The van der Waals surface area contributed by atoms with Crippen LogP contribution in [0.5, 0.6) is 0 Å². The summed E-state index contributed by atoms with van der Waals surface area (Å²) < 4.78 is 10.2. The lowest BCUT2D eigenvalue weighted by Crippen LogP contribution is -2.53. The monoisotopic (exact) mass is 491 g/mol. The number of carbonyl (C=O) groups is 4. The molecule has 0 fully saturated rings. The van der Waals surface area contributed by atoms with Crippen LogP contribution in [-0.4, -0.2) is 63.7 Å². The fourth-order valence-corrected chi connectivity index (χ4v) is 2.36. The number of hydrogen-bond acceptors (Lipinski definition) is 7. The van der Waals surface area contributed by atoms with Crippen LogP contribution >= 0.6 is 0 Å². The lowest BCUT2D eigenvalue weighted by Gasteiger charge is -2.28. The SMILES string of the molecule is CC(C)(C)OC(=O)NCCCCC(C)(NC(=O)OC(C)(C)C)C(=O)O.CC[C@H](C)[C@H](N)C(=O)O. The molecule has 11 nitrogen and oxygen atoms in total. The van der Waals surface area contributed by atoms with Gasteiger partial charge in [0, 0.05) is 6.54 Å². The Bertz CT molecular complexity index is 670. The van der Waals surface area contributed by atoms with Crippen molar-refractivity contribution >= 4 is 24.1 Å². The molecule has 0 aromatic carbocycles. The topological polar surface area (TPSA) is 177 Å². The maximum Gasteiger partial charge on any atom is 0.408 e. The largest absolute Gasteiger partial charge is 0.480 e. The van der Waals surface area contributed by atoms with Crippen molar-refractivity contribution in [3.63, 3.8) is 0 Å². The van der Waals surface area contributed by atoms with E-state index >= 15 is 0 Å². The van der Waals surface area contributed by atoms with Gasteiger partial charge in [0.15, 0.2) is 0 Å². The summed E-state index contributed by atoms with van der Waals surface area (Å²) in [5.41, 5.74) is 2.56. The third-order valence-electron chi connectivity index (χ3n) is 4.56. The molecule has 0 aliphatic rings. The van der Waals surface area contributed by atoms with Gasteiger partial charge in [-0.1, -0.05) is 20.3 Å². The van der Waals surface area contributed by atoms with Crippen molar-refractivity contribution in [1.29, 1.82) is 0 Å². The van der Waals surface area contributed by atoms with Gasteiger partial charge in [-0.25, -0.2) is 14.4 Å². The van der Waals surface area contributed by atoms with Crippen LogP contribution in [0.25, 0.3) is 0 Å². The van der Waals surface area contributed by atoms with Crippen molar-refractivity contribution in [3.05, 3.63) is 0 Å². The van der Waals surface area contributed by atoms with E-state index in [1.165, 1.54) is 6.92 Å². The van der Waals surface area contributed by atoms with Gasteiger partial charge in [-0.05, 0) is 73.6 Å². The first kappa shape index (κ1) is 33.6. The van der Waals surface area contributed by atoms with Crippen molar-refractivity contribution in [1.82, 2.24) is 10.6 Å². The van der Waals surface area contributed by atoms with Gasteiger partial charge in [-0.15, -0.1) is 0 Å². The number of hydrogen-bond donors (Lipinski definition) is 5. The maximum absolute atomic E-state index is 11.8. The van der Waals surface area contributed by atoms with Crippen LogP contribution in [0.4, 0.5) is 9.59 Å². The number of aliphatic carboxylic acids is 2. The molecule has 0 saturated heterocycles. The zero-order chi connectivity index (χ0) is 27.3. The molecule has 0 spiro atoms. The zero-order valence-corrected chi connectivity index (χ0v) is 22.1. The third-order valence-corrected chi connectivity index (χ3v) is 4.56. The van der Waals surface area contributed by atoms with Crippen LogP contribution in [0, 0.1) is 5.92 Å². The number of carboxylic acids is 2. The highest BCUT2D eigenvalue weighted by molar-refractivity contribution is 5.84. The first-order valence-corrected chi connectivity index (χ1v) is 11.4. The van der Waals surface area contributed by atoms with Crippen LogP contribution in [-0.2, 0) is 19.1 Å². The van der Waals surface area contributed by atoms with E-state index in [1.54, 1.807) is 41.5 Å². The number of amides is 2. The molecule has 6 N–H and O–H groups in total. The van der Waals surface area contributed by atoms with Crippen molar-refractivity contribution in [3.8, 4) is 0 Å². The second-order valence-corrected chi connectivity index (χ2v) is 10.4. The molecule has 0 radical (unpaired) electrons. The van der Waals surface area contributed by atoms with E-state index in [1.807, 2.05) is 13.8 Å². The van der Waals surface area contributed by atoms with Crippen LogP contribution in [0.1, 0.15) is 88.0 Å². The number of rotatable bonds is 10. The van der Waals surface area contributed by atoms with Crippen molar-refractivity contribution in [2.45, 2.75) is 111 Å². The molecule has 0 aromatic heterocycles. The van der Waals surface area contributed by atoms with Crippen molar-refractivity contribution < 1.29 is 38.9 Å². The second kappa shape index (κ2) is 14.6. The predicted octanol–water partition coefficient (Wildman–Crippen LogP) is 3.49. The number of carbonyl (C=O) groups excluding carboxylic acids is 2. The fourth-order valence-electron chi connectivity index (χ4n) is 2.36. The van der Waals surface area contributed by atoms with Crippen LogP contribution in [0.15, 0.2) is 0 Å². The maximum atomic E-state index is 11.8. The summed E-state index contributed by atoms with van der Waals surface area (Å²) in [7, 11) is 0. The molecular weight excluding hydrogens is 446 g/mol. The lowest BCUT2D eigenvalue weighted by molar-refractivity contribution is -0.144. The van der Waals surface area contributed by atoms with E-state index in [2.05, 4.69) is 10.6 Å². The lowest BCUT2D eigenvalue weighted by atomic mass is 9.95. The Morgan fingerprint density at radius 1 is 0.882 bits per heavy atom. The smallest absolute Gasteiger partial charge is 0.408 e. The van der Waals surface area contributed by atoms with E-state index in [4.69, 9.17) is 20.3 Å². The van der Waals surface area contributed by atoms with Crippen molar-refractivity contribution in [2.24, 2.45) is 11.7 Å². The summed E-state index contributed by atoms with van der Waals surface area (Å²) >= 11 is 0. The molecule has 0 aromatic rings. The number of unbranched alkanes of at least 4 members (excludes halogenated alkanes) is 1. The average Bonchev–Trinajstić information content (AvgIpc) is 2.63. The van der Waals surface area contributed by atoms with Gasteiger partial charge in [0.1, 0.15) is 22.8 Å². The molecule has 2 amide bonds. The average molecular weight is 492 g/mol. The number of ether oxygens (including phenoxy) is 2. The summed E-state index contributed by atoms with van der Waals surface area (Å²) in [5.74, 6) is -1.98. The third kappa shape index (κ3) is 17.0. The summed E-state index contributed by atoms with van der Waals surface area (Å²) in [6.45, 7) is 16.0. The number of nitrogens with one attached hydrogen (secondary N) is 2. The Labute approximate surface area is 203 Å². The Morgan fingerprint density at radius 2 is 1.35 bits per heavy atom. The molecule has 34 heavy (non-hydrogen) atoms. The highest BCUT2D eigenvalue weighted by Crippen LogP contribution is 2.16. The molecule has 200 valence electrons. The van der Waals surface area contributed by atoms with E-state index in [9.17, 15) is 24.3 Å². The van der Waals surface area contributed by atoms with Gasteiger partial charge in [0.2, 0.25) is 0 Å². The Morgan fingerprint density at radius 3 is 1.71 bits per heavy atom. The van der Waals surface area contributed by atoms with Gasteiger partial charge in [-0.2, -0.15) is 0 Å². The predicted molar refractivity (Wildman–Crippen MR) is 129 cm³/mol. The van der Waals surface area contributed by atoms with E-state index in [0.717, 1.165) is 6.42 Å². The minimum atomic E-state index is -1.44. The second-order valence-electron chi connectivity index (χ2n) is 10.4. The first-order valence-electron chi connectivity index (χ1n) is 11.4. The van der Waals surface area contributed by atoms with Gasteiger partial charge in [0.05, 0.1) is 0 Å². The summed E-state index contributed by atoms with van der Waals surface area (Å²) in [5, 5.41) is 22.8. The molecule has 0 rings (SSSR count). The molecule has 0 heterocycles. The van der Waals surface area contributed by atoms with Gasteiger partial charge >= 0.3 is 24.1 Å². The summed E-state index contributed by atoms with van der Waals surface area (Å²) in [6, 6.07) is -0.699.